The molecule has 0 bridgehead atoms. The number of hydrogen-bond donors (Lipinski definition) is 2. The van der Waals surface area contributed by atoms with E-state index in [9.17, 15) is 0 Å². The Balaban J connectivity index is 2.09. The fraction of sp³-hybridized carbons (Fsp3) is 0.400. The minimum atomic E-state index is -0.169. The van der Waals surface area contributed by atoms with Crippen LogP contribution in [0.25, 0.3) is 0 Å². The van der Waals surface area contributed by atoms with Gasteiger partial charge in [-0.3, -0.25) is 9.98 Å². The monoisotopic (exact) mass is 324 g/mol. The first-order valence-electron chi connectivity index (χ1n) is 8.38. The van der Waals surface area contributed by atoms with Gasteiger partial charge in [0.15, 0.2) is 5.96 Å². The molecule has 0 saturated carbocycles. The third-order valence-electron chi connectivity index (χ3n) is 4.12. The van der Waals surface area contributed by atoms with E-state index in [1.807, 2.05) is 24.4 Å². The molecule has 0 spiro atoms. The highest BCUT2D eigenvalue weighted by molar-refractivity contribution is 5.92. The molecule has 1 aromatic carbocycles. The number of nitrogens with zero attached hydrogens (tertiary/aromatic N) is 2. The number of aliphatic imine (C=N–C) groups is 1. The molecule has 0 amide bonds. The molecule has 1 aromatic heterocycles. The number of anilines is 1. The second-order valence-electron chi connectivity index (χ2n) is 7.16. The van der Waals surface area contributed by atoms with Crippen molar-refractivity contribution in [3.8, 4) is 0 Å². The average molecular weight is 324 g/mol. The first-order chi connectivity index (χ1) is 11.3. The molecule has 24 heavy (non-hydrogen) atoms. The molecule has 0 saturated heterocycles. The summed E-state index contributed by atoms with van der Waals surface area (Å²) in [5.74, 6) is 0.911. The van der Waals surface area contributed by atoms with Crippen molar-refractivity contribution in [2.45, 2.75) is 46.0 Å². The SMILES string of the molecule is Cc1cccnc1C(C)(C)CN=C(N)Nc1cccc(C(C)C)c1. The molecule has 1 heterocycles. The highest BCUT2D eigenvalue weighted by atomic mass is 15.1. The lowest BCUT2D eigenvalue weighted by atomic mass is 9.86. The molecule has 2 rings (SSSR count). The average Bonchev–Trinajstić information content (AvgIpc) is 2.53. The maximum atomic E-state index is 6.07. The standard InChI is InChI=1S/C20H28N4/c1-14(2)16-9-6-10-17(12-16)24-19(21)23-13-20(4,5)18-15(3)8-7-11-22-18/h6-12,14H,13H2,1-5H3,(H3,21,23,24). The minimum absolute atomic E-state index is 0.169. The van der Waals surface area contributed by atoms with Gasteiger partial charge in [-0.15, -0.1) is 0 Å². The van der Waals surface area contributed by atoms with Gasteiger partial charge in [-0.25, -0.2) is 0 Å². The van der Waals surface area contributed by atoms with Gasteiger partial charge < -0.3 is 11.1 Å². The zero-order valence-electron chi connectivity index (χ0n) is 15.3. The predicted octanol–water partition coefficient (Wildman–Crippen LogP) is 4.22. The van der Waals surface area contributed by atoms with Gasteiger partial charge in [0.05, 0.1) is 12.2 Å². The van der Waals surface area contributed by atoms with E-state index in [-0.39, 0.29) is 5.41 Å². The van der Waals surface area contributed by atoms with E-state index in [2.05, 4.69) is 68.1 Å². The lowest BCUT2D eigenvalue weighted by molar-refractivity contribution is 0.519. The molecule has 0 unspecified atom stereocenters. The Bertz CT molecular complexity index is 717. The Hall–Kier alpha value is -2.36. The van der Waals surface area contributed by atoms with Crippen molar-refractivity contribution in [3.63, 3.8) is 0 Å². The molecule has 0 radical (unpaired) electrons. The molecule has 4 nitrogen and oxygen atoms in total. The Morgan fingerprint density at radius 3 is 2.67 bits per heavy atom. The Labute approximate surface area is 145 Å². The predicted molar refractivity (Wildman–Crippen MR) is 103 cm³/mol. The summed E-state index contributed by atoms with van der Waals surface area (Å²) >= 11 is 0. The van der Waals surface area contributed by atoms with Crippen LogP contribution in [0.15, 0.2) is 47.6 Å². The van der Waals surface area contributed by atoms with Gasteiger partial charge in [-0.05, 0) is 42.2 Å². The van der Waals surface area contributed by atoms with Crippen LogP contribution in [0.2, 0.25) is 0 Å². The van der Waals surface area contributed by atoms with Crippen LogP contribution in [-0.2, 0) is 5.41 Å². The number of nitrogens with one attached hydrogen (secondary N) is 1. The number of rotatable bonds is 5. The van der Waals surface area contributed by atoms with Crippen molar-refractivity contribution < 1.29 is 0 Å². The molecule has 0 aliphatic carbocycles. The van der Waals surface area contributed by atoms with Crippen molar-refractivity contribution in [1.29, 1.82) is 0 Å². The first-order valence-corrected chi connectivity index (χ1v) is 8.38. The van der Waals surface area contributed by atoms with E-state index in [4.69, 9.17) is 5.73 Å². The van der Waals surface area contributed by atoms with Crippen LogP contribution in [0.1, 0.15) is 50.4 Å². The van der Waals surface area contributed by atoms with E-state index < -0.39 is 0 Å². The quantitative estimate of drug-likeness (QED) is 0.639. The van der Waals surface area contributed by atoms with Gasteiger partial charge in [0.1, 0.15) is 0 Å². The van der Waals surface area contributed by atoms with Crippen molar-refractivity contribution in [1.82, 2.24) is 4.98 Å². The van der Waals surface area contributed by atoms with Crippen molar-refractivity contribution in [2.75, 3.05) is 11.9 Å². The van der Waals surface area contributed by atoms with Crippen LogP contribution in [0.5, 0.6) is 0 Å². The lowest BCUT2D eigenvalue weighted by Gasteiger charge is -2.23. The van der Waals surface area contributed by atoms with Gasteiger partial charge in [-0.2, -0.15) is 0 Å². The molecular weight excluding hydrogens is 296 g/mol. The van der Waals surface area contributed by atoms with Gasteiger partial charge >= 0.3 is 0 Å². The molecule has 0 aliphatic rings. The van der Waals surface area contributed by atoms with Crippen LogP contribution < -0.4 is 11.1 Å². The summed E-state index contributed by atoms with van der Waals surface area (Å²) in [7, 11) is 0. The second-order valence-corrected chi connectivity index (χ2v) is 7.16. The lowest BCUT2D eigenvalue weighted by Crippen LogP contribution is -2.29. The fourth-order valence-corrected chi connectivity index (χ4v) is 2.71. The summed E-state index contributed by atoms with van der Waals surface area (Å²) in [6.45, 7) is 11.3. The number of pyridine rings is 1. The Morgan fingerprint density at radius 1 is 1.25 bits per heavy atom. The highest BCUT2D eigenvalue weighted by Gasteiger charge is 2.23. The zero-order chi connectivity index (χ0) is 17.7. The van der Waals surface area contributed by atoms with Crippen LogP contribution in [0.3, 0.4) is 0 Å². The van der Waals surface area contributed by atoms with Crippen LogP contribution in [-0.4, -0.2) is 17.5 Å². The van der Waals surface area contributed by atoms with Gasteiger partial charge in [0, 0.05) is 17.3 Å². The third kappa shape index (κ3) is 4.57. The van der Waals surface area contributed by atoms with Crippen LogP contribution >= 0.6 is 0 Å². The largest absolute Gasteiger partial charge is 0.370 e. The molecule has 0 fully saturated rings. The van der Waals surface area contributed by atoms with Crippen LogP contribution in [0, 0.1) is 6.92 Å². The molecule has 0 aliphatic heterocycles. The topological polar surface area (TPSA) is 63.3 Å². The fourth-order valence-electron chi connectivity index (χ4n) is 2.71. The van der Waals surface area contributed by atoms with E-state index in [0.717, 1.165) is 11.4 Å². The van der Waals surface area contributed by atoms with Crippen molar-refractivity contribution in [3.05, 3.63) is 59.4 Å². The van der Waals surface area contributed by atoms with E-state index in [1.54, 1.807) is 0 Å². The smallest absolute Gasteiger partial charge is 0.193 e. The summed E-state index contributed by atoms with van der Waals surface area (Å²) in [5, 5.41) is 3.18. The van der Waals surface area contributed by atoms with E-state index in [0.29, 0.717) is 18.4 Å². The third-order valence-corrected chi connectivity index (χ3v) is 4.12. The number of hydrogen-bond acceptors (Lipinski definition) is 2. The van der Waals surface area contributed by atoms with E-state index >= 15 is 0 Å². The second kappa shape index (κ2) is 7.47. The molecule has 4 heteroatoms. The Morgan fingerprint density at radius 2 is 2.00 bits per heavy atom. The summed E-state index contributed by atoms with van der Waals surface area (Å²) in [4.78, 5) is 9.04. The van der Waals surface area contributed by atoms with Crippen molar-refractivity contribution in [2.24, 2.45) is 10.7 Å². The summed E-state index contributed by atoms with van der Waals surface area (Å²) in [6, 6.07) is 12.3. The summed E-state index contributed by atoms with van der Waals surface area (Å²) < 4.78 is 0. The minimum Gasteiger partial charge on any atom is -0.370 e. The van der Waals surface area contributed by atoms with Gasteiger partial charge in [0.2, 0.25) is 0 Å². The number of nitrogens with two attached hydrogens (primary N) is 1. The molecule has 128 valence electrons. The molecule has 0 atom stereocenters. The first kappa shape index (κ1) is 18.0. The van der Waals surface area contributed by atoms with Crippen molar-refractivity contribution >= 4 is 11.6 Å². The highest BCUT2D eigenvalue weighted by Crippen LogP contribution is 2.24. The summed E-state index contributed by atoms with van der Waals surface area (Å²) in [6.07, 6.45) is 1.83. The maximum Gasteiger partial charge on any atom is 0.193 e. The number of aryl methyl sites for hydroxylation is 1. The van der Waals surface area contributed by atoms with Gasteiger partial charge in [-0.1, -0.05) is 45.9 Å². The zero-order valence-corrected chi connectivity index (χ0v) is 15.3. The number of guanidine groups is 1. The molecular formula is C20H28N4. The van der Waals surface area contributed by atoms with E-state index in [1.165, 1.54) is 11.1 Å². The number of benzene rings is 1. The van der Waals surface area contributed by atoms with Crippen LogP contribution in [0.4, 0.5) is 5.69 Å². The molecule has 3 N–H and O–H groups in total. The van der Waals surface area contributed by atoms with Gasteiger partial charge in [0.25, 0.3) is 0 Å². The maximum absolute atomic E-state index is 6.07. The summed E-state index contributed by atoms with van der Waals surface area (Å²) in [5.41, 5.74) is 10.4. The number of aromatic nitrogens is 1. The normalized spacial score (nSPS) is 12.5. The Kier molecular flexibility index (Phi) is 5.60. The molecule has 2 aromatic rings.